The number of unbranched alkanes of at least 4 members (excludes halogenated alkanes) is 13. The van der Waals surface area contributed by atoms with Crippen molar-refractivity contribution >= 4 is 36.1 Å². The van der Waals surface area contributed by atoms with E-state index in [1.165, 1.54) is 63.9 Å². The van der Waals surface area contributed by atoms with Gasteiger partial charge in [0, 0.05) is 19.0 Å². The Morgan fingerprint density at radius 1 is 0.980 bits per heavy atom. The largest absolute Gasteiger partial charge is 0.756 e. The van der Waals surface area contributed by atoms with Crippen molar-refractivity contribution in [2.75, 3.05) is 52.8 Å². The molecule has 0 saturated heterocycles. The number of hydrogen-bond acceptors (Lipinski definition) is 12. The molecule has 0 aliphatic rings. The lowest BCUT2D eigenvalue weighted by Crippen LogP contribution is -2.45. The number of aromatic nitrogens is 2. The Kier molecular flexibility index (Phi) is 21.1. The minimum Gasteiger partial charge on any atom is -0.756 e. The zero-order chi connectivity index (χ0) is 37.5. The maximum atomic E-state index is 12.8. The van der Waals surface area contributed by atoms with Crippen LogP contribution in [-0.4, -0.2) is 90.3 Å². The number of allylic oxidation sites excluding steroid dienone is 1. The molecule has 51 heavy (non-hydrogen) atoms. The average Bonchev–Trinajstić information content (AvgIpc) is 3.56. The first-order valence-corrected chi connectivity index (χ1v) is 20.0. The molecule has 1 unspecified atom stereocenters. The summed E-state index contributed by atoms with van der Waals surface area (Å²) in [5.41, 5.74) is 0.696. The lowest BCUT2D eigenvalue weighted by Gasteiger charge is -2.29. The number of aliphatic hydroxyl groups excluding tert-OH is 1. The summed E-state index contributed by atoms with van der Waals surface area (Å²) in [6.07, 6.45) is 18.8. The number of aliphatic hydroxyl groups is 1. The van der Waals surface area contributed by atoms with Crippen molar-refractivity contribution in [3.8, 4) is 0 Å². The third kappa shape index (κ3) is 19.5. The van der Waals surface area contributed by atoms with Crippen molar-refractivity contribution < 1.29 is 42.4 Å². The zero-order valence-corrected chi connectivity index (χ0v) is 31.9. The lowest BCUT2D eigenvalue weighted by atomic mass is 10.0. The predicted octanol–water partition coefficient (Wildman–Crippen LogP) is 6.41. The van der Waals surface area contributed by atoms with Crippen LogP contribution >= 0.6 is 7.82 Å². The Morgan fingerprint density at radius 2 is 1.61 bits per heavy atom. The van der Waals surface area contributed by atoms with Gasteiger partial charge >= 0.3 is 5.69 Å². The molecule has 2 rings (SSSR count). The number of fused-ring (bicyclic) bond motifs is 1. The molecular formula is C35H61N6O9P. The van der Waals surface area contributed by atoms with Crippen molar-refractivity contribution in [2.24, 2.45) is 0 Å². The standard InChI is InChI=1S/C35H61N6O9P/c1-5-6-7-8-9-10-11-12-13-14-15-16-18-21-32(42)30(28-49-51(46,47)48-27-26-41(2,3)4)37-33(43)22-19-17-20-25-36-29-23-24-31(40(44)45)35-34(29)38-50-39-35/h18,21,23-24,30,32,42H,5-17,19-20,22,25-28H2,1-4H3,(H2-,36,37,39,43,46,47)/b21-18+/t30-,32+/m0/s1. The third-order valence-corrected chi connectivity index (χ3v) is 9.44. The van der Waals surface area contributed by atoms with Gasteiger partial charge in [-0.2, -0.15) is 0 Å². The van der Waals surface area contributed by atoms with E-state index >= 15 is 0 Å². The van der Waals surface area contributed by atoms with Crippen molar-refractivity contribution in [2.45, 2.75) is 122 Å². The summed E-state index contributed by atoms with van der Waals surface area (Å²) in [5, 5.41) is 35.4. The van der Waals surface area contributed by atoms with Gasteiger partial charge in [-0.15, -0.1) is 0 Å². The summed E-state index contributed by atoms with van der Waals surface area (Å²) < 4.78 is 27.7. The number of non-ortho nitro benzene ring substituents is 1. The number of rotatable bonds is 30. The summed E-state index contributed by atoms with van der Waals surface area (Å²) in [5.74, 6) is -0.341. The fourth-order valence-electron chi connectivity index (χ4n) is 5.39. The predicted molar refractivity (Wildman–Crippen MR) is 196 cm³/mol. The van der Waals surface area contributed by atoms with Crippen LogP contribution in [-0.2, 0) is 18.4 Å². The van der Waals surface area contributed by atoms with Crippen LogP contribution in [0.1, 0.15) is 110 Å². The van der Waals surface area contributed by atoms with Gasteiger partial charge in [0.2, 0.25) is 11.4 Å². The van der Waals surface area contributed by atoms with E-state index in [1.54, 1.807) is 12.1 Å². The molecule has 2 aromatic rings. The molecule has 290 valence electrons. The first kappa shape index (κ1) is 44.2. The molecule has 16 heteroatoms. The molecule has 1 amide bonds. The van der Waals surface area contributed by atoms with E-state index in [0.29, 0.717) is 42.5 Å². The fourth-order valence-corrected chi connectivity index (χ4v) is 6.11. The van der Waals surface area contributed by atoms with Crippen molar-refractivity contribution in [3.63, 3.8) is 0 Å². The van der Waals surface area contributed by atoms with E-state index in [1.807, 2.05) is 27.2 Å². The number of quaternary nitrogens is 1. The highest BCUT2D eigenvalue weighted by molar-refractivity contribution is 7.45. The van der Waals surface area contributed by atoms with Crippen molar-refractivity contribution in [1.82, 2.24) is 15.6 Å². The summed E-state index contributed by atoms with van der Waals surface area (Å²) in [4.78, 5) is 35.9. The average molecular weight is 741 g/mol. The summed E-state index contributed by atoms with van der Waals surface area (Å²) in [6, 6.07) is 1.90. The van der Waals surface area contributed by atoms with Gasteiger partial charge in [0.1, 0.15) is 13.2 Å². The van der Waals surface area contributed by atoms with E-state index in [-0.39, 0.29) is 35.7 Å². The Balaban J connectivity index is 1.78. The van der Waals surface area contributed by atoms with E-state index < -0.39 is 31.5 Å². The molecule has 15 nitrogen and oxygen atoms in total. The molecule has 0 bridgehead atoms. The van der Waals surface area contributed by atoms with Gasteiger partial charge in [0.05, 0.1) is 50.5 Å². The molecule has 0 radical (unpaired) electrons. The van der Waals surface area contributed by atoms with Crippen molar-refractivity contribution in [1.29, 1.82) is 0 Å². The van der Waals surface area contributed by atoms with Crippen LogP contribution in [0.5, 0.6) is 0 Å². The van der Waals surface area contributed by atoms with Gasteiger partial charge in [-0.1, -0.05) is 89.7 Å². The minimum absolute atomic E-state index is 0.0534. The second-order valence-corrected chi connectivity index (χ2v) is 15.5. The summed E-state index contributed by atoms with van der Waals surface area (Å²) in [7, 11) is 1.08. The number of nitrogens with zero attached hydrogens (tertiary/aromatic N) is 4. The number of phosphoric acid groups is 1. The number of likely N-dealkylation sites (N-methyl/N-ethyl adjacent to an activating group) is 1. The van der Waals surface area contributed by atoms with E-state index in [9.17, 15) is 29.5 Å². The summed E-state index contributed by atoms with van der Waals surface area (Å²) >= 11 is 0. The van der Waals surface area contributed by atoms with Crippen LogP contribution < -0.4 is 15.5 Å². The number of benzene rings is 1. The Hall–Kier alpha value is -2.94. The number of amides is 1. The molecule has 1 aromatic heterocycles. The first-order valence-electron chi connectivity index (χ1n) is 18.5. The molecule has 0 spiro atoms. The fraction of sp³-hybridized carbons (Fsp3) is 0.743. The maximum absolute atomic E-state index is 12.8. The number of nitro benzene ring substituents is 1. The number of hydrogen-bond donors (Lipinski definition) is 3. The molecule has 0 aliphatic carbocycles. The lowest BCUT2D eigenvalue weighted by molar-refractivity contribution is -0.870. The number of anilines is 1. The molecule has 1 heterocycles. The highest BCUT2D eigenvalue weighted by Gasteiger charge is 2.23. The highest BCUT2D eigenvalue weighted by Crippen LogP contribution is 2.38. The van der Waals surface area contributed by atoms with Gasteiger partial charge in [-0.3, -0.25) is 19.5 Å². The SMILES string of the molecule is CCCCCCCCCCCCC/C=C/[C@@H](O)[C@H](COP(=O)([O-])OCC[N+](C)(C)C)NC(=O)CCCCCNc1ccc([N+](=O)[O-])c2nonc12. The van der Waals surface area contributed by atoms with Gasteiger partial charge in [-0.25, -0.2) is 4.63 Å². The van der Waals surface area contributed by atoms with Crippen LogP contribution in [0.25, 0.3) is 11.0 Å². The molecule has 0 aliphatic heterocycles. The van der Waals surface area contributed by atoms with Crippen LogP contribution in [0, 0.1) is 10.1 Å². The Morgan fingerprint density at radius 3 is 2.25 bits per heavy atom. The smallest absolute Gasteiger partial charge is 0.300 e. The maximum Gasteiger partial charge on any atom is 0.300 e. The van der Waals surface area contributed by atoms with Gasteiger partial charge in [0.25, 0.3) is 7.82 Å². The third-order valence-electron chi connectivity index (χ3n) is 8.48. The van der Waals surface area contributed by atoms with Gasteiger partial charge < -0.3 is 34.2 Å². The van der Waals surface area contributed by atoms with E-state index in [2.05, 4.69) is 32.5 Å². The molecule has 3 atom stereocenters. The Labute approximate surface area is 302 Å². The number of nitro groups is 1. The number of carbonyl (C=O) groups is 1. The number of nitrogens with one attached hydrogen (secondary N) is 2. The monoisotopic (exact) mass is 740 g/mol. The van der Waals surface area contributed by atoms with Gasteiger partial charge in [0.15, 0.2) is 5.52 Å². The first-order chi connectivity index (χ1) is 24.3. The zero-order valence-electron chi connectivity index (χ0n) is 31.1. The van der Waals surface area contributed by atoms with Crippen LogP contribution in [0.3, 0.4) is 0 Å². The van der Waals surface area contributed by atoms with Crippen LogP contribution in [0.15, 0.2) is 28.9 Å². The molecule has 1 aromatic carbocycles. The normalized spacial score (nSPS) is 14.5. The van der Waals surface area contributed by atoms with Crippen LogP contribution in [0.4, 0.5) is 11.4 Å². The second kappa shape index (κ2) is 24.3. The molecule has 3 N–H and O–H groups in total. The van der Waals surface area contributed by atoms with Gasteiger partial charge in [-0.05, 0) is 42.1 Å². The minimum atomic E-state index is -4.66. The Bertz CT molecular complexity index is 1370. The van der Waals surface area contributed by atoms with E-state index in [4.69, 9.17) is 9.05 Å². The molecule has 0 fully saturated rings. The highest BCUT2D eigenvalue weighted by atomic mass is 31.2. The number of phosphoric ester groups is 1. The molecule has 0 saturated carbocycles. The quantitative estimate of drug-likeness (QED) is 0.0199. The molecular weight excluding hydrogens is 679 g/mol. The van der Waals surface area contributed by atoms with Crippen LogP contribution in [0.2, 0.25) is 0 Å². The summed E-state index contributed by atoms with van der Waals surface area (Å²) in [6.45, 7) is 2.68. The van der Waals surface area contributed by atoms with E-state index in [0.717, 1.165) is 19.3 Å². The topological polar surface area (TPSA) is 202 Å². The van der Waals surface area contributed by atoms with Crippen molar-refractivity contribution in [3.05, 3.63) is 34.4 Å². The second-order valence-electron chi connectivity index (χ2n) is 14.1. The number of carbonyl (C=O) groups excluding carboxylic acids is 1.